The minimum Gasteiger partial charge on any atom is -0.458 e. The molecule has 0 unspecified atom stereocenters. The second-order valence-corrected chi connectivity index (χ2v) is 7.68. The maximum Gasteiger partial charge on any atom is 0.311 e. The van der Waals surface area contributed by atoms with Gasteiger partial charge in [-0.05, 0) is 25.0 Å². The Balaban J connectivity index is 1.35. The van der Waals surface area contributed by atoms with Gasteiger partial charge in [-0.15, -0.1) is 11.3 Å². The van der Waals surface area contributed by atoms with Gasteiger partial charge >= 0.3 is 5.97 Å². The normalized spacial score (nSPS) is 21.8. The number of carbonyl (C=O) groups is 2. The van der Waals surface area contributed by atoms with Crippen molar-refractivity contribution in [1.82, 2.24) is 9.88 Å². The van der Waals surface area contributed by atoms with E-state index >= 15 is 0 Å². The second kappa shape index (κ2) is 6.51. The quantitative estimate of drug-likeness (QED) is 0.800. The Labute approximate surface area is 144 Å². The van der Waals surface area contributed by atoms with Crippen LogP contribution in [0.2, 0.25) is 0 Å². The van der Waals surface area contributed by atoms with Crippen LogP contribution in [0.1, 0.15) is 37.1 Å². The summed E-state index contributed by atoms with van der Waals surface area (Å²) in [5.74, 6) is -0.501. The van der Waals surface area contributed by atoms with Crippen LogP contribution in [0.4, 0.5) is 0 Å². The fourth-order valence-corrected chi connectivity index (χ4v) is 4.57. The first kappa shape index (κ1) is 15.6. The van der Waals surface area contributed by atoms with Gasteiger partial charge in [0.25, 0.3) is 0 Å². The number of likely N-dealkylation sites (tertiary alicyclic amines) is 1. The number of hydrogen-bond donors (Lipinski definition) is 0. The molecule has 1 atom stereocenters. The zero-order valence-corrected chi connectivity index (χ0v) is 14.3. The molecular formula is C18H20N2O3S. The van der Waals surface area contributed by atoms with Crippen molar-refractivity contribution in [3.05, 3.63) is 29.3 Å². The zero-order valence-electron chi connectivity index (χ0n) is 13.4. The van der Waals surface area contributed by atoms with E-state index in [9.17, 15) is 9.59 Å². The summed E-state index contributed by atoms with van der Waals surface area (Å²) in [5, 5.41) is 0.793. The highest BCUT2D eigenvalue weighted by Gasteiger charge is 2.39. The van der Waals surface area contributed by atoms with Crippen molar-refractivity contribution < 1.29 is 14.3 Å². The van der Waals surface area contributed by atoms with Gasteiger partial charge in [0.15, 0.2) is 0 Å². The van der Waals surface area contributed by atoms with Crippen LogP contribution in [0.15, 0.2) is 24.3 Å². The lowest BCUT2D eigenvalue weighted by Gasteiger charge is -2.23. The Bertz CT molecular complexity index is 733. The van der Waals surface area contributed by atoms with Crippen LogP contribution in [0.3, 0.4) is 0 Å². The van der Waals surface area contributed by atoms with Gasteiger partial charge in [-0.25, -0.2) is 4.98 Å². The Morgan fingerprint density at radius 1 is 1.29 bits per heavy atom. The molecular weight excluding hydrogens is 324 g/mol. The summed E-state index contributed by atoms with van der Waals surface area (Å²) in [7, 11) is 0. The van der Waals surface area contributed by atoms with E-state index in [0.29, 0.717) is 12.6 Å². The number of benzene rings is 1. The van der Waals surface area contributed by atoms with Crippen molar-refractivity contribution in [2.45, 2.75) is 44.8 Å². The number of carbonyl (C=O) groups excluding carboxylic acids is 2. The fraction of sp³-hybridized carbons (Fsp3) is 0.500. The summed E-state index contributed by atoms with van der Waals surface area (Å²) >= 11 is 1.54. The van der Waals surface area contributed by atoms with E-state index in [1.54, 1.807) is 0 Å². The summed E-state index contributed by atoms with van der Waals surface area (Å²) in [4.78, 5) is 30.9. The molecule has 1 saturated carbocycles. The van der Waals surface area contributed by atoms with Gasteiger partial charge in [-0.2, -0.15) is 0 Å². The van der Waals surface area contributed by atoms with E-state index < -0.39 is 0 Å². The van der Waals surface area contributed by atoms with E-state index in [2.05, 4.69) is 4.98 Å². The molecule has 0 radical (unpaired) electrons. The van der Waals surface area contributed by atoms with Crippen LogP contribution < -0.4 is 0 Å². The van der Waals surface area contributed by atoms with Crippen LogP contribution in [-0.2, 0) is 20.9 Å². The van der Waals surface area contributed by atoms with E-state index in [1.165, 1.54) is 24.2 Å². The highest BCUT2D eigenvalue weighted by Crippen LogP contribution is 2.30. The molecule has 24 heavy (non-hydrogen) atoms. The van der Waals surface area contributed by atoms with Gasteiger partial charge in [-0.1, -0.05) is 25.0 Å². The average Bonchev–Trinajstić information content (AvgIpc) is 3.30. The lowest BCUT2D eigenvalue weighted by atomic mass is 10.1. The van der Waals surface area contributed by atoms with Crippen LogP contribution in [0, 0.1) is 5.92 Å². The summed E-state index contributed by atoms with van der Waals surface area (Å²) in [6, 6.07) is 8.21. The van der Waals surface area contributed by atoms with Gasteiger partial charge in [0.2, 0.25) is 5.91 Å². The molecule has 1 aromatic carbocycles. The average molecular weight is 344 g/mol. The molecule has 1 amide bonds. The Hall–Kier alpha value is -1.95. The van der Waals surface area contributed by atoms with Gasteiger partial charge in [-0.3, -0.25) is 9.59 Å². The van der Waals surface area contributed by atoms with E-state index in [-0.39, 0.29) is 30.8 Å². The molecule has 0 spiro atoms. The molecule has 0 N–H and O–H groups in total. The topological polar surface area (TPSA) is 59.5 Å². The van der Waals surface area contributed by atoms with Crippen molar-refractivity contribution in [3.63, 3.8) is 0 Å². The molecule has 2 aromatic rings. The minimum absolute atomic E-state index is 0.101. The highest BCUT2D eigenvalue weighted by molar-refractivity contribution is 7.18. The second-order valence-electron chi connectivity index (χ2n) is 6.57. The molecule has 2 aliphatic rings. The van der Waals surface area contributed by atoms with E-state index in [0.717, 1.165) is 28.1 Å². The van der Waals surface area contributed by atoms with Crippen LogP contribution in [-0.4, -0.2) is 34.3 Å². The fourth-order valence-electron chi connectivity index (χ4n) is 3.69. The number of rotatable bonds is 4. The molecule has 1 aliphatic carbocycles. The number of hydrogen-bond acceptors (Lipinski definition) is 5. The van der Waals surface area contributed by atoms with Crippen molar-refractivity contribution >= 4 is 33.4 Å². The number of aromatic nitrogens is 1. The SMILES string of the molecule is O=C(OCc1nc2ccccc2s1)[C@@H]1CC(=O)N(C2CCCC2)C1. The highest BCUT2D eigenvalue weighted by atomic mass is 32.1. The first-order valence-electron chi connectivity index (χ1n) is 8.51. The first-order chi connectivity index (χ1) is 11.7. The smallest absolute Gasteiger partial charge is 0.311 e. The summed E-state index contributed by atoms with van der Waals surface area (Å²) in [6.07, 6.45) is 4.79. The third-order valence-electron chi connectivity index (χ3n) is 4.93. The van der Waals surface area contributed by atoms with Crippen LogP contribution in [0.5, 0.6) is 0 Å². The Kier molecular flexibility index (Phi) is 4.22. The van der Waals surface area contributed by atoms with Crippen molar-refractivity contribution in [2.75, 3.05) is 6.54 Å². The van der Waals surface area contributed by atoms with Crippen molar-refractivity contribution in [1.29, 1.82) is 0 Å². The number of para-hydroxylation sites is 1. The van der Waals surface area contributed by atoms with Crippen LogP contribution >= 0.6 is 11.3 Å². The summed E-state index contributed by atoms with van der Waals surface area (Å²) in [6.45, 7) is 0.703. The minimum atomic E-state index is -0.326. The number of amides is 1. The summed E-state index contributed by atoms with van der Waals surface area (Å²) in [5.41, 5.74) is 0.928. The molecule has 126 valence electrons. The number of thiazole rings is 1. The standard InChI is InChI=1S/C18H20N2O3S/c21-17-9-12(10-20(17)13-5-1-2-6-13)18(22)23-11-16-19-14-7-3-4-8-15(14)24-16/h3-4,7-8,12-13H,1-2,5-6,9-11H2/t12-/m1/s1. The maximum absolute atomic E-state index is 12.3. The number of esters is 1. The third kappa shape index (κ3) is 3.02. The first-order valence-corrected chi connectivity index (χ1v) is 9.33. The van der Waals surface area contributed by atoms with E-state index in [1.807, 2.05) is 29.2 Å². The largest absolute Gasteiger partial charge is 0.458 e. The Morgan fingerprint density at radius 2 is 2.08 bits per heavy atom. The predicted octanol–water partition coefficient (Wildman–Crippen LogP) is 3.13. The van der Waals surface area contributed by atoms with Gasteiger partial charge in [0.05, 0.1) is 16.1 Å². The Morgan fingerprint density at radius 3 is 2.88 bits per heavy atom. The number of fused-ring (bicyclic) bond motifs is 1. The van der Waals surface area contributed by atoms with Gasteiger partial charge in [0, 0.05) is 19.0 Å². The molecule has 2 fully saturated rings. The van der Waals surface area contributed by atoms with E-state index in [4.69, 9.17) is 4.74 Å². The molecule has 2 heterocycles. The van der Waals surface area contributed by atoms with Gasteiger partial charge < -0.3 is 9.64 Å². The van der Waals surface area contributed by atoms with Gasteiger partial charge in [0.1, 0.15) is 11.6 Å². The monoisotopic (exact) mass is 344 g/mol. The van der Waals surface area contributed by atoms with Crippen molar-refractivity contribution in [2.24, 2.45) is 5.92 Å². The number of ether oxygens (including phenoxy) is 1. The summed E-state index contributed by atoms with van der Waals surface area (Å²) < 4.78 is 6.52. The molecule has 1 aliphatic heterocycles. The number of nitrogens with zero attached hydrogens (tertiary/aromatic N) is 2. The lowest BCUT2D eigenvalue weighted by Crippen LogP contribution is -2.35. The molecule has 1 aromatic heterocycles. The molecule has 6 heteroatoms. The molecule has 4 rings (SSSR count). The third-order valence-corrected chi connectivity index (χ3v) is 5.94. The van der Waals surface area contributed by atoms with Crippen molar-refractivity contribution in [3.8, 4) is 0 Å². The zero-order chi connectivity index (χ0) is 16.5. The molecule has 5 nitrogen and oxygen atoms in total. The predicted molar refractivity (Wildman–Crippen MR) is 91.5 cm³/mol. The molecule has 0 bridgehead atoms. The maximum atomic E-state index is 12.3. The lowest BCUT2D eigenvalue weighted by molar-refractivity contribution is -0.149. The van der Waals surface area contributed by atoms with Crippen LogP contribution in [0.25, 0.3) is 10.2 Å². The molecule has 1 saturated heterocycles.